The van der Waals surface area contributed by atoms with Crippen LogP contribution in [-0.4, -0.2) is 33.0 Å². The largest absolute Gasteiger partial charge is 0.383 e. The quantitative estimate of drug-likeness (QED) is 0.828. The molecule has 0 unspecified atom stereocenters. The van der Waals surface area contributed by atoms with Crippen molar-refractivity contribution in [1.82, 2.24) is 19.3 Å². The third kappa shape index (κ3) is 2.75. The zero-order chi connectivity index (χ0) is 13.0. The maximum absolute atomic E-state index is 11.7. The summed E-state index contributed by atoms with van der Waals surface area (Å²) >= 11 is 0. The first kappa shape index (κ1) is 12.3. The van der Waals surface area contributed by atoms with Crippen molar-refractivity contribution in [2.24, 2.45) is 7.05 Å². The Balaban J connectivity index is 2.11. The highest BCUT2D eigenvalue weighted by molar-refractivity contribution is 5.52. The van der Waals surface area contributed by atoms with Crippen LogP contribution >= 0.6 is 0 Å². The fourth-order valence-electron chi connectivity index (χ4n) is 1.46. The minimum Gasteiger partial charge on any atom is -0.383 e. The summed E-state index contributed by atoms with van der Waals surface area (Å²) in [6, 6.07) is 0. The predicted octanol–water partition coefficient (Wildman–Crippen LogP) is 0.367. The van der Waals surface area contributed by atoms with Gasteiger partial charge in [0.05, 0.1) is 25.0 Å². The Labute approximate surface area is 104 Å². The fourth-order valence-corrected chi connectivity index (χ4v) is 1.46. The summed E-state index contributed by atoms with van der Waals surface area (Å²) in [5.74, 6) is 0.284. The molecule has 0 saturated carbocycles. The Morgan fingerprint density at radius 3 is 3.11 bits per heavy atom. The van der Waals surface area contributed by atoms with E-state index in [4.69, 9.17) is 4.74 Å². The third-order valence-corrected chi connectivity index (χ3v) is 2.44. The van der Waals surface area contributed by atoms with E-state index in [-0.39, 0.29) is 11.4 Å². The zero-order valence-electron chi connectivity index (χ0n) is 10.3. The third-order valence-electron chi connectivity index (χ3n) is 2.44. The van der Waals surface area contributed by atoms with E-state index in [0.717, 1.165) is 5.69 Å². The normalized spacial score (nSPS) is 10.6. The van der Waals surface area contributed by atoms with Gasteiger partial charge in [-0.15, -0.1) is 0 Å². The molecule has 2 rings (SSSR count). The van der Waals surface area contributed by atoms with E-state index in [9.17, 15) is 4.79 Å². The average Bonchev–Trinajstić information content (AvgIpc) is 2.80. The molecule has 96 valence electrons. The molecule has 0 aliphatic rings. The van der Waals surface area contributed by atoms with E-state index in [1.807, 2.05) is 0 Å². The first-order valence-corrected chi connectivity index (χ1v) is 5.51. The monoisotopic (exact) mass is 249 g/mol. The van der Waals surface area contributed by atoms with E-state index in [2.05, 4.69) is 15.4 Å². The number of aromatic nitrogens is 4. The number of methoxy groups -OCH3 is 1. The molecule has 0 saturated heterocycles. The predicted molar refractivity (Wildman–Crippen MR) is 66.9 cm³/mol. The lowest BCUT2D eigenvalue weighted by Gasteiger charge is -2.03. The first-order chi connectivity index (χ1) is 8.70. The van der Waals surface area contributed by atoms with Gasteiger partial charge in [0.2, 0.25) is 0 Å². The van der Waals surface area contributed by atoms with Crippen molar-refractivity contribution in [2.45, 2.75) is 6.54 Å². The van der Waals surface area contributed by atoms with Crippen LogP contribution in [0.5, 0.6) is 0 Å². The standard InChI is InChI=1S/C11H15N5O2/c1-15-4-3-12-10(11(15)17)14-9-7-13-16(8-9)5-6-18-2/h3-4,7-8H,5-6H2,1-2H3,(H,12,14). The maximum atomic E-state index is 11.7. The van der Waals surface area contributed by atoms with Crippen molar-refractivity contribution in [3.05, 3.63) is 35.1 Å². The molecule has 0 aromatic carbocycles. The van der Waals surface area contributed by atoms with Crippen molar-refractivity contribution in [3.8, 4) is 0 Å². The molecule has 7 heteroatoms. The molecule has 2 aromatic heterocycles. The minimum absolute atomic E-state index is 0.179. The van der Waals surface area contributed by atoms with Gasteiger partial charge in [0, 0.05) is 32.7 Å². The van der Waals surface area contributed by atoms with Crippen molar-refractivity contribution >= 4 is 11.5 Å². The van der Waals surface area contributed by atoms with Gasteiger partial charge in [0.1, 0.15) is 0 Å². The van der Waals surface area contributed by atoms with Crippen LogP contribution < -0.4 is 10.9 Å². The topological polar surface area (TPSA) is 74.0 Å². The lowest BCUT2D eigenvalue weighted by atomic mass is 10.5. The Morgan fingerprint density at radius 1 is 1.50 bits per heavy atom. The smallest absolute Gasteiger partial charge is 0.293 e. The van der Waals surface area contributed by atoms with Gasteiger partial charge in [-0.25, -0.2) is 4.98 Å². The molecule has 1 N–H and O–H groups in total. The summed E-state index contributed by atoms with van der Waals surface area (Å²) in [7, 11) is 3.32. The van der Waals surface area contributed by atoms with Gasteiger partial charge in [-0.1, -0.05) is 0 Å². The molecule has 0 fully saturated rings. The van der Waals surface area contributed by atoms with E-state index >= 15 is 0 Å². The van der Waals surface area contributed by atoms with Gasteiger partial charge in [-0.3, -0.25) is 9.48 Å². The van der Waals surface area contributed by atoms with Crippen LogP contribution in [-0.2, 0) is 18.3 Å². The Bertz CT molecular complexity index is 575. The Hall–Kier alpha value is -2.15. The van der Waals surface area contributed by atoms with Gasteiger partial charge in [0.15, 0.2) is 5.82 Å². The van der Waals surface area contributed by atoms with Crippen LogP contribution in [0.1, 0.15) is 0 Å². The van der Waals surface area contributed by atoms with Crippen LogP contribution in [0.3, 0.4) is 0 Å². The lowest BCUT2D eigenvalue weighted by Crippen LogP contribution is -2.20. The van der Waals surface area contributed by atoms with E-state index in [1.54, 1.807) is 43.6 Å². The van der Waals surface area contributed by atoms with Gasteiger partial charge >= 0.3 is 0 Å². The second-order valence-corrected chi connectivity index (χ2v) is 3.80. The van der Waals surface area contributed by atoms with E-state index < -0.39 is 0 Å². The molecule has 7 nitrogen and oxygen atoms in total. The van der Waals surface area contributed by atoms with Crippen molar-refractivity contribution in [3.63, 3.8) is 0 Å². The molecule has 0 aliphatic carbocycles. The zero-order valence-corrected chi connectivity index (χ0v) is 10.3. The van der Waals surface area contributed by atoms with Gasteiger partial charge in [-0.05, 0) is 0 Å². The fraction of sp³-hybridized carbons (Fsp3) is 0.364. The highest BCUT2D eigenvalue weighted by Crippen LogP contribution is 2.09. The van der Waals surface area contributed by atoms with Crippen LogP contribution in [0.15, 0.2) is 29.6 Å². The molecule has 0 spiro atoms. The second-order valence-electron chi connectivity index (χ2n) is 3.80. The molecule has 0 atom stereocenters. The minimum atomic E-state index is -0.179. The van der Waals surface area contributed by atoms with Crippen LogP contribution in [0.4, 0.5) is 11.5 Å². The second kappa shape index (κ2) is 5.46. The Morgan fingerprint density at radius 2 is 2.33 bits per heavy atom. The molecule has 2 aromatic rings. The summed E-state index contributed by atoms with van der Waals surface area (Å²) in [6.45, 7) is 1.25. The van der Waals surface area contributed by atoms with Gasteiger partial charge in [0.25, 0.3) is 5.56 Å². The molecule has 2 heterocycles. The molecule has 0 aliphatic heterocycles. The van der Waals surface area contributed by atoms with E-state index in [0.29, 0.717) is 13.2 Å². The number of anilines is 2. The summed E-state index contributed by atoms with van der Waals surface area (Å²) in [4.78, 5) is 15.7. The number of rotatable bonds is 5. The number of aryl methyl sites for hydroxylation is 1. The molecule has 0 amide bonds. The van der Waals surface area contributed by atoms with E-state index in [1.165, 1.54) is 4.57 Å². The number of ether oxygens (including phenoxy) is 1. The summed E-state index contributed by atoms with van der Waals surface area (Å²) in [6.07, 6.45) is 6.62. The number of nitrogens with one attached hydrogen (secondary N) is 1. The number of hydrogen-bond acceptors (Lipinski definition) is 5. The summed E-state index contributed by atoms with van der Waals surface area (Å²) < 4.78 is 8.16. The molecular weight excluding hydrogens is 234 g/mol. The lowest BCUT2D eigenvalue weighted by molar-refractivity contribution is 0.183. The van der Waals surface area contributed by atoms with Gasteiger partial charge < -0.3 is 14.6 Å². The maximum Gasteiger partial charge on any atom is 0.293 e. The van der Waals surface area contributed by atoms with Crippen molar-refractivity contribution < 1.29 is 4.74 Å². The number of nitrogens with zero attached hydrogens (tertiary/aromatic N) is 4. The summed E-state index contributed by atoms with van der Waals surface area (Å²) in [5, 5.41) is 7.08. The molecular formula is C11H15N5O2. The highest BCUT2D eigenvalue weighted by Gasteiger charge is 2.04. The average molecular weight is 249 g/mol. The highest BCUT2D eigenvalue weighted by atomic mass is 16.5. The van der Waals surface area contributed by atoms with Crippen molar-refractivity contribution in [2.75, 3.05) is 19.0 Å². The SMILES string of the molecule is COCCn1cc(Nc2nccn(C)c2=O)cn1. The number of hydrogen-bond donors (Lipinski definition) is 1. The molecule has 0 bridgehead atoms. The molecule has 0 radical (unpaired) electrons. The van der Waals surface area contributed by atoms with Crippen LogP contribution in [0, 0.1) is 0 Å². The van der Waals surface area contributed by atoms with Crippen LogP contribution in [0.2, 0.25) is 0 Å². The van der Waals surface area contributed by atoms with Crippen LogP contribution in [0.25, 0.3) is 0 Å². The first-order valence-electron chi connectivity index (χ1n) is 5.51. The Kier molecular flexibility index (Phi) is 3.73. The molecule has 18 heavy (non-hydrogen) atoms. The van der Waals surface area contributed by atoms with Gasteiger partial charge in [-0.2, -0.15) is 5.10 Å². The van der Waals surface area contributed by atoms with Crippen molar-refractivity contribution in [1.29, 1.82) is 0 Å². The summed E-state index contributed by atoms with van der Waals surface area (Å²) in [5.41, 5.74) is 0.545.